The molecule has 0 aliphatic rings. The molecule has 0 amide bonds. The lowest BCUT2D eigenvalue weighted by Gasteiger charge is -2.15. The largest absolute Gasteiger partial charge is 0.478 e. The van der Waals surface area contributed by atoms with Crippen LogP contribution in [0.15, 0.2) is 36.4 Å². The molecule has 114 valence electrons. The second-order valence-electron chi connectivity index (χ2n) is 5.54. The van der Waals surface area contributed by atoms with Gasteiger partial charge < -0.3 is 10.2 Å². The molecular formula is C18H18O4. The Balaban J connectivity index is 2.44. The predicted molar refractivity (Wildman–Crippen MR) is 83.8 cm³/mol. The molecule has 0 saturated heterocycles. The van der Waals surface area contributed by atoms with E-state index in [9.17, 15) is 9.59 Å². The van der Waals surface area contributed by atoms with Crippen molar-refractivity contribution in [2.24, 2.45) is 0 Å². The Bertz CT molecular complexity index is 747. The molecule has 1 unspecified atom stereocenters. The van der Waals surface area contributed by atoms with E-state index in [1.807, 2.05) is 26.0 Å². The van der Waals surface area contributed by atoms with Crippen LogP contribution in [0.1, 0.15) is 55.8 Å². The molecular weight excluding hydrogens is 280 g/mol. The highest BCUT2D eigenvalue weighted by Crippen LogP contribution is 2.27. The Labute approximate surface area is 129 Å². The third-order valence-corrected chi connectivity index (χ3v) is 3.83. The van der Waals surface area contributed by atoms with Crippen molar-refractivity contribution in [3.8, 4) is 0 Å². The van der Waals surface area contributed by atoms with E-state index in [1.165, 1.54) is 0 Å². The quantitative estimate of drug-likeness (QED) is 0.899. The highest BCUT2D eigenvalue weighted by molar-refractivity contribution is 5.89. The summed E-state index contributed by atoms with van der Waals surface area (Å²) in [6, 6.07) is 10.5. The molecule has 2 aromatic carbocycles. The number of aromatic carboxylic acids is 2. The van der Waals surface area contributed by atoms with E-state index in [0.717, 1.165) is 16.7 Å². The molecule has 0 spiro atoms. The molecule has 2 N–H and O–H groups in total. The van der Waals surface area contributed by atoms with Gasteiger partial charge in [0, 0.05) is 5.92 Å². The van der Waals surface area contributed by atoms with Crippen LogP contribution in [0.25, 0.3) is 0 Å². The van der Waals surface area contributed by atoms with E-state index in [-0.39, 0.29) is 17.0 Å². The number of hydrogen-bond acceptors (Lipinski definition) is 2. The number of carboxylic acid groups (broad SMARTS) is 2. The number of rotatable bonds is 4. The van der Waals surface area contributed by atoms with Gasteiger partial charge in [0.1, 0.15) is 0 Å². The van der Waals surface area contributed by atoms with Crippen LogP contribution in [0.2, 0.25) is 0 Å². The van der Waals surface area contributed by atoms with Gasteiger partial charge in [-0.2, -0.15) is 0 Å². The zero-order valence-electron chi connectivity index (χ0n) is 12.8. The number of aryl methyl sites for hydroxylation is 2. The van der Waals surface area contributed by atoms with E-state index in [2.05, 4.69) is 0 Å². The van der Waals surface area contributed by atoms with Crippen molar-refractivity contribution in [1.29, 1.82) is 0 Å². The first-order valence-corrected chi connectivity index (χ1v) is 6.98. The van der Waals surface area contributed by atoms with Gasteiger partial charge in [-0.25, -0.2) is 9.59 Å². The Morgan fingerprint density at radius 3 is 2.14 bits per heavy atom. The minimum Gasteiger partial charge on any atom is -0.478 e. The van der Waals surface area contributed by atoms with Crippen LogP contribution < -0.4 is 0 Å². The highest BCUT2D eigenvalue weighted by Gasteiger charge is 2.15. The average molecular weight is 298 g/mol. The van der Waals surface area contributed by atoms with Gasteiger partial charge in [0.2, 0.25) is 0 Å². The van der Waals surface area contributed by atoms with Crippen LogP contribution >= 0.6 is 0 Å². The summed E-state index contributed by atoms with van der Waals surface area (Å²) in [6.07, 6.45) is 0. The molecule has 0 bridgehead atoms. The number of benzene rings is 2. The summed E-state index contributed by atoms with van der Waals surface area (Å²) in [4.78, 5) is 22.2. The second kappa shape index (κ2) is 6.02. The molecule has 2 rings (SSSR count). The summed E-state index contributed by atoms with van der Waals surface area (Å²) in [5.74, 6) is -1.91. The standard InChI is InChI=1S/C18H18O4/c1-10-6-14(9-15(7-10)17(19)20)12(3)13-4-5-16(18(21)22)11(2)8-13/h4-9,12H,1-3H3,(H,19,20)(H,21,22). The first-order chi connectivity index (χ1) is 10.3. The maximum absolute atomic E-state index is 11.2. The van der Waals surface area contributed by atoms with Gasteiger partial charge in [-0.3, -0.25) is 0 Å². The molecule has 1 atom stereocenters. The minimum absolute atomic E-state index is 0.0143. The van der Waals surface area contributed by atoms with Gasteiger partial charge in [0.25, 0.3) is 0 Å². The maximum Gasteiger partial charge on any atom is 0.335 e. The Kier molecular flexibility index (Phi) is 4.31. The van der Waals surface area contributed by atoms with E-state index in [4.69, 9.17) is 10.2 Å². The predicted octanol–water partition coefficient (Wildman–Crippen LogP) is 3.85. The van der Waals surface area contributed by atoms with Gasteiger partial charge in [0.15, 0.2) is 0 Å². The number of carboxylic acids is 2. The van der Waals surface area contributed by atoms with Gasteiger partial charge in [-0.1, -0.05) is 25.1 Å². The van der Waals surface area contributed by atoms with Crippen LogP contribution in [0, 0.1) is 13.8 Å². The van der Waals surface area contributed by atoms with Crippen molar-refractivity contribution < 1.29 is 19.8 Å². The van der Waals surface area contributed by atoms with Gasteiger partial charge in [-0.15, -0.1) is 0 Å². The fourth-order valence-corrected chi connectivity index (χ4v) is 2.57. The third kappa shape index (κ3) is 3.17. The molecule has 0 aromatic heterocycles. The molecule has 0 heterocycles. The highest BCUT2D eigenvalue weighted by atomic mass is 16.4. The second-order valence-corrected chi connectivity index (χ2v) is 5.54. The SMILES string of the molecule is Cc1cc(C(=O)O)cc(C(C)c2ccc(C(=O)O)c(C)c2)c1. The lowest BCUT2D eigenvalue weighted by Crippen LogP contribution is -2.04. The van der Waals surface area contributed by atoms with E-state index in [1.54, 1.807) is 31.2 Å². The zero-order valence-corrected chi connectivity index (χ0v) is 12.8. The molecule has 0 aliphatic heterocycles. The van der Waals surface area contributed by atoms with Crippen molar-refractivity contribution in [3.05, 3.63) is 69.8 Å². The summed E-state index contributed by atoms with van der Waals surface area (Å²) >= 11 is 0. The summed E-state index contributed by atoms with van der Waals surface area (Å²) in [5.41, 5.74) is 4.00. The van der Waals surface area contributed by atoms with Crippen molar-refractivity contribution in [2.75, 3.05) is 0 Å². The van der Waals surface area contributed by atoms with Crippen LogP contribution in [-0.4, -0.2) is 22.2 Å². The maximum atomic E-state index is 11.2. The smallest absolute Gasteiger partial charge is 0.335 e. The van der Waals surface area contributed by atoms with Crippen LogP contribution in [0.3, 0.4) is 0 Å². The van der Waals surface area contributed by atoms with Crippen molar-refractivity contribution >= 4 is 11.9 Å². The molecule has 0 radical (unpaired) electrons. The summed E-state index contributed by atoms with van der Waals surface area (Å²) < 4.78 is 0. The third-order valence-electron chi connectivity index (χ3n) is 3.83. The minimum atomic E-state index is -0.949. The number of carbonyl (C=O) groups is 2. The Morgan fingerprint density at radius 1 is 0.909 bits per heavy atom. The fraction of sp³-hybridized carbons (Fsp3) is 0.222. The van der Waals surface area contributed by atoms with E-state index in [0.29, 0.717) is 5.56 Å². The molecule has 22 heavy (non-hydrogen) atoms. The van der Waals surface area contributed by atoms with Crippen molar-refractivity contribution in [3.63, 3.8) is 0 Å². The summed E-state index contributed by atoms with van der Waals surface area (Å²) in [6.45, 7) is 5.61. The lowest BCUT2D eigenvalue weighted by atomic mass is 9.89. The number of hydrogen-bond donors (Lipinski definition) is 2. The Morgan fingerprint density at radius 2 is 1.59 bits per heavy atom. The lowest BCUT2D eigenvalue weighted by molar-refractivity contribution is 0.0685. The fourth-order valence-electron chi connectivity index (χ4n) is 2.57. The van der Waals surface area contributed by atoms with Crippen molar-refractivity contribution in [1.82, 2.24) is 0 Å². The molecule has 0 saturated carbocycles. The van der Waals surface area contributed by atoms with Crippen LogP contribution in [0.4, 0.5) is 0 Å². The van der Waals surface area contributed by atoms with Gasteiger partial charge >= 0.3 is 11.9 Å². The van der Waals surface area contributed by atoms with Crippen LogP contribution in [-0.2, 0) is 0 Å². The molecule has 0 fully saturated rings. The van der Waals surface area contributed by atoms with Gasteiger partial charge in [0.05, 0.1) is 11.1 Å². The van der Waals surface area contributed by atoms with E-state index >= 15 is 0 Å². The topological polar surface area (TPSA) is 74.6 Å². The summed E-state index contributed by atoms with van der Waals surface area (Å²) in [5, 5.41) is 18.2. The molecule has 0 aliphatic carbocycles. The first kappa shape index (κ1) is 15.8. The Hall–Kier alpha value is -2.62. The average Bonchev–Trinajstić information content (AvgIpc) is 2.45. The van der Waals surface area contributed by atoms with Crippen LogP contribution in [0.5, 0.6) is 0 Å². The van der Waals surface area contributed by atoms with E-state index < -0.39 is 11.9 Å². The van der Waals surface area contributed by atoms with Gasteiger partial charge in [-0.05, 0) is 54.3 Å². The monoisotopic (exact) mass is 298 g/mol. The zero-order chi connectivity index (χ0) is 16.4. The molecule has 4 heteroatoms. The molecule has 2 aromatic rings. The molecule has 4 nitrogen and oxygen atoms in total. The first-order valence-electron chi connectivity index (χ1n) is 6.98. The summed E-state index contributed by atoms with van der Waals surface area (Å²) in [7, 11) is 0. The van der Waals surface area contributed by atoms with Crippen molar-refractivity contribution in [2.45, 2.75) is 26.7 Å². The normalized spacial score (nSPS) is 12.0.